The molecular weight excluding hydrogens is 192 g/mol. The van der Waals surface area contributed by atoms with E-state index in [4.69, 9.17) is 5.26 Å². The van der Waals surface area contributed by atoms with E-state index < -0.39 is 0 Å². The molecule has 0 spiro atoms. The van der Waals surface area contributed by atoms with Crippen molar-refractivity contribution in [1.82, 2.24) is 4.98 Å². The minimum Gasteiger partial charge on any atom is -0.257 e. The average molecular weight is 206 g/mol. The van der Waals surface area contributed by atoms with Gasteiger partial charge >= 0.3 is 0 Å². The van der Waals surface area contributed by atoms with E-state index in [2.05, 4.69) is 24.9 Å². The molecule has 2 nitrogen and oxygen atoms in total. The van der Waals surface area contributed by atoms with E-state index in [1.165, 1.54) is 0 Å². The highest BCUT2D eigenvalue weighted by Crippen LogP contribution is 2.28. The van der Waals surface area contributed by atoms with E-state index in [0.717, 1.165) is 16.3 Å². The Morgan fingerprint density at radius 3 is 2.57 bits per heavy atom. The third kappa shape index (κ3) is 2.49. The maximum Gasteiger partial charge on any atom is 0.102 e. The highest BCUT2D eigenvalue weighted by Gasteiger charge is 2.09. The summed E-state index contributed by atoms with van der Waals surface area (Å²) in [6.07, 6.45) is 0. The van der Waals surface area contributed by atoms with Crippen LogP contribution in [0.4, 0.5) is 0 Å². The Labute approximate surface area is 89.4 Å². The number of nitrogens with zero attached hydrogens (tertiary/aromatic N) is 2. The van der Waals surface area contributed by atoms with Crippen molar-refractivity contribution in [2.24, 2.45) is 0 Å². The molecule has 0 saturated heterocycles. The second kappa shape index (κ2) is 4.47. The Morgan fingerprint density at radius 1 is 1.43 bits per heavy atom. The summed E-state index contributed by atoms with van der Waals surface area (Å²) in [7, 11) is 0. The van der Waals surface area contributed by atoms with Crippen LogP contribution in [0.5, 0.6) is 0 Å². The first-order chi connectivity index (χ1) is 6.54. The van der Waals surface area contributed by atoms with Crippen molar-refractivity contribution in [3.8, 4) is 6.07 Å². The molecule has 1 aromatic heterocycles. The second-order valence-electron chi connectivity index (χ2n) is 3.50. The lowest BCUT2D eigenvalue weighted by atomic mass is 10.2. The van der Waals surface area contributed by atoms with Crippen LogP contribution in [-0.4, -0.2) is 10.2 Å². The standard InChI is InChI=1S/C11H14N2S/c1-7(2)14-11-5-8(3)13-9(4)10(11)6-12/h5,7H,1-4H3. The van der Waals surface area contributed by atoms with Crippen molar-refractivity contribution >= 4 is 11.8 Å². The third-order valence-corrected chi connectivity index (χ3v) is 2.81. The van der Waals surface area contributed by atoms with Gasteiger partial charge in [-0.3, -0.25) is 4.98 Å². The first-order valence-electron chi connectivity index (χ1n) is 4.59. The summed E-state index contributed by atoms with van der Waals surface area (Å²) in [6, 6.07) is 4.20. The molecule has 14 heavy (non-hydrogen) atoms. The van der Waals surface area contributed by atoms with E-state index in [9.17, 15) is 0 Å². The van der Waals surface area contributed by atoms with Crippen LogP contribution >= 0.6 is 11.8 Å². The zero-order valence-corrected chi connectivity index (χ0v) is 9.77. The molecule has 74 valence electrons. The maximum absolute atomic E-state index is 9.00. The average Bonchev–Trinajstić information content (AvgIpc) is 2.01. The predicted octanol–water partition coefficient (Wildman–Crippen LogP) is 3.07. The van der Waals surface area contributed by atoms with Crippen molar-refractivity contribution < 1.29 is 0 Å². The van der Waals surface area contributed by atoms with E-state index in [1.54, 1.807) is 11.8 Å². The first kappa shape index (κ1) is 11.1. The van der Waals surface area contributed by atoms with Crippen LogP contribution < -0.4 is 0 Å². The van der Waals surface area contributed by atoms with Crippen LogP contribution in [0.1, 0.15) is 30.8 Å². The van der Waals surface area contributed by atoms with Crippen molar-refractivity contribution in [1.29, 1.82) is 5.26 Å². The van der Waals surface area contributed by atoms with E-state index in [0.29, 0.717) is 10.8 Å². The summed E-state index contributed by atoms with van der Waals surface area (Å²) in [5.74, 6) is 0. The van der Waals surface area contributed by atoms with Crippen LogP contribution in [0.3, 0.4) is 0 Å². The number of aromatic nitrogens is 1. The molecule has 1 rings (SSSR count). The minimum atomic E-state index is 0.489. The van der Waals surface area contributed by atoms with Gasteiger partial charge in [-0.1, -0.05) is 13.8 Å². The van der Waals surface area contributed by atoms with Crippen molar-refractivity contribution in [3.05, 3.63) is 23.0 Å². The molecule has 0 radical (unpaired) electrons. The number of hydrogen-bond donors (Lipinski definition) is 0. The Morgan fingerprint density at radius 2 is 2.07 bits per heavy atom. The van der Waals surface area contributed by atoms with Crippen LogP contribution in [0.2, 0.25) is 0 Å². The Bertz CT molecular complexity index is 378. The first-order valence-corrected chi connectivity index (χ1v) is 5.47. The van der Waals surface area contributed by atoms with Gasteiger partial charge in [0.25, 0.3) is 0 Å². The largest absolute Gasteiger partial charge is 0.257 e. The van der Waals surface area contributed by atoms with Crippen molar-refractivity contribution in [2.45, 2.75) is 37.8 Å². The number of thioether (sulfide) groups is 1. The highest BCUT2D eigenvalue weighted by atomic mass is 32.2. The van der Waals surface area contributed by atoms with Gasteiger partial charge in [-0.05, 0) is 19.9 Å². The summed E-state index contributed by atoms with van der Waals surface area (Å²) < 4.78 is 0. The summed E-state index contributed by atoms with van der Waals surface area (Å²) in [6.45, 7) is 8.09. The van der Waals surface area contributed by atoms with Crippen LogP contribution in [0.15, 0.2) is 11.0 Å². The van der Waals surface area contributed by atoms with E-state index >= 15 is 0 Å². The van der Waals surface area contributed by atoms with Gasteiger partial charge in [0.2, 0.25) is 0 Å². The topological polar surface area (TPSA) is 36.7 Å². The van der Waals surface area contributed by atoms with Crippen LogP contribution in [0, 0.1) is 25.2 Å². The molecule has 1 aromatic rings. The fraction of sp³-hybridized carbons (Fsp3) is 0.455. The van der Waals surface area contributed by atoms with Gasteiger partial charge in [0.15, 0.2) is 0 Å². The molecule has 0 aliphatic heterocycles. The molecule has 0 saturated carbocycles. The van der Waals surface area contributed by atoms with Gasteiger partial charge in [0.05, 0.1) is 11.3 Å². The monoisotopic (exact) mass is 206 g/mol. The Kier molecular flexibility index (Phi) is 3.54. The molecule has 1 heterocycles. The minimum absolute atomic E-state index is 0.489. The quantitative estimate of drug-likeness (QED) is 0.698. The molecule has 3 heteroatoms. The fourth-order valence-corrected chi connectivity index (χ4v) is 2.33. The number of rotatable bonds is 2. The summed E-state index contributed by atoms with van der Waals surface area (Å²) in [4.78, 5) is 5.33. The number of pyridine rings is 1. The highest BCUT2D eigenvalue weighted by molar-refractivity contribution is 8.00. The number of hydrogen-bond acceptors (Lipinski definition) is 3. The SMILES string of the molecule is Cc1cc(SC(C)C)c(C#N)c(C)n1. The van der Waals surface area contributed by atoms with Gasteiger partial charge < -0.3 is 0 Å². The van der Waals surface area contributed by atoms with Crippen molar-refractivity contribution in [3.63, 3.8) is 0 Å². The summed E-state index contributed by atoms with van der Waals surface area (Å²) >= 11 is 1.72. The molecule has 0 fully saturated rings. The zero-order valence-electron chi connectivity index (χ0n) is 8.96. The Balaban J connectivity index is 3.20. The molecule has 0 N–H and O–H groups in total. The van der Waals surface area contributed by atoms with Crippen molar-refractivity contribution in [2.75, 3.05) is 0 Å². The fourth-order valence-electron chi connectivity index (χ4n) is 1.28. The summed E-state index contributed by atoms with van der Waals surface area (Å²) in [5.41, 5.74) is 2.52. The third-order valence-electron chi connectivity index (χ3n) is 1.77. The van der Waals surface area contributed by atoms with Gasteiger partial charge in [-0.25, -0.2) is 0 Å². The lowest BCUT2D eigenvalue weighted by molar-refractivity contribution is 1.05. The molecule has 0 aromatic carbocycles. The van der Waals surface area contributed by atoms with E-state index in [-0.39, 0.29) is 0 Å². The molecule has 0 aliphatic rings. The van der Waals surface area contributed by atoms with Gasteiger partial charge in [0.1, 0.15) is 6.07 Å². The smallest absolute Gasteiger partial charge is 0.102 e. The normalized spacial score (nSPS) is 10.3. The second-order valence-corrected chi connectivity index (χ2v) is 5.12. The molecule has 0 atom stereocenters. The maximum atomic E-state index is 9.00. The number of nitriles is 1. The van der Waals surface area contributed by atoms with Crippen LogP contribution in [0.25, 0.3) is 0 Å². The summed E-state index contributed by atoms with van der Waals surface area (Å²) in [5, 5.41) is 9.49. The van der Waals surface area contributed by atoms with E-state index in [1.807, 2.05) is 19.9 Å². The number of aryl methyl sites for hydroxylation is 2. The molecule has 0 bridgehead atoms. The van der Waals surface area contributed by atoms with Gasteiger partial charge in [-0.15, -0.1) is 11.8 Å². The zero-order chi connectivity index (χ0) is 10.7. The molecule has 0 aliphatic carbocycles. The lowest BCUT2D eigenvalue weighted by Gasteiger charge is -2.09. The molecule has 0 amide bonds. The Hall–Kier alpha value is -1.01. The molecule has 0 unspecified atom stereocenters. The molecular formula is C11H14N2S. The van der Waals surface area contributed by atoms with Gasteiger partial charge in [-0.2, -0.15) is 5.26 Å². The van der Waals surface area contributed by atoms with Crippen LogP contribution in [-0.2, 0) is 0 Å². The lowest BCUT2D eigenvalue weighted by Crippen LogP contribution is -1.96. The predicted molar refractivity (Wildman–Crippen MR) is 59.4 cm³/mol. The van der Waals surface area contributed by atoms with Gasteiger partial charge in [0, 0.05) is 15.8 Å².